The lowest BCUT2D eigenvalue weighted by molar-refractivity contribution is -0.137. The molecule has 0 saturated carbocycles. The molecular formula is C11H13ClN2O3. The summed E-state index contributed by atoms with van der Waals surface area (Å²) in [6.45, 7) is 1.90. The summed E-state index contributed by atoms with van der Waals surface area (Å²) in [5, 5.41) is 8.78. The lowest BCUT2D eigenvalue weighted by Gasteiger charge is -2.16. The number of hydrogen-bond acceptors (Lipinski definition) is 3. The Balaban J connectivity index is 2.77. The second-order valence-electron chi connectivity index (χ2n) is 3.69. The number of carboxylic acids is 1. The van der Waals surface area contributed by atoms with Crippen LogP contribution in [0.25, 0.3) is 0 Å². The van der Waals surface area contributed by atoms with Gasteiger partial charge in [0.25, 0.3) is 5.91 Å². The number of amides is 1. The third kappa shape index (κ3) is 4.03. The minimum Gasteiger partial charge on any atom is -0.481 e. The number of carbonyl (C=O) groups is 2. The zero-order valence-electron chi connectivity index (χ0n) is 9.61. The number of aryl methyl sites for hydroxylation is 1. The van der Waals surface area contributed by atoms with Gasteiger partial charge in [0, 0.05) is 24.8 Å². The zero-order chi connectivity index (χ0) is 13.0. The van der Waals surface area contributed by atoms with Gasteiger partial charge in [-0.1, -0.05) is 11.6 Å². The Morgan fingerprint density at radius 3 is 2.65 bits per heavy atom. The molecule has 1 heterocycles. The summed E-state index contributed by atoms with van der Waals surface area (Å²) in [6.07, 6.45) is -0.0833. The van der Waals surface area contributed by atoms with Crippen LogP contribution in [-0.4, -0.2) is 40.5 Å². The predicted octanol–water partition coefficient (Wildman–Crippen LogP) is 1.59. The third-order valence-electron chi connectivity index (χ3n) is 2.18. The first-order valence-corrected chi connectivity index (χ1v) is 5.39. The van der Waals surface area contributed by atoms with Crippen LogP contribution in [0.2, 0.25) is 5.15 Å². The molecule has 0 spiro atoms. The molecule has 1 N–H and O–H groups in total. The molecule has 0 aromatic carbocycles. The number of pyridine rings is 1. The topological polar surface area (TPSA) is 70.5 Å². The van der Waals surface area contributed by atoms with Gasteiger partial charge in [0.2, 0.25) is 0 Å². The van der Waals surface area contributed by atoms with Crippen LogP contribution in [0.3, 0.4) is 0 Å². The van der Waals surface area contributed by atoms with E-state index in [2.05, 4.69) is 4.98 Å². The van der Waals surface area contributed by atoms with Crippen molar-refractivity contribution >= 4 is 23.5 Å². The molecule has 92 valence electrons. The molecular weight excluding hydrogens is 244 g/mol. The molecule has 0 unspecified atom stereocenters. The van der Waals surface area contributed by atoms with E-state index in [1.807, 2.05) is 0 Å². The van der Waals surface area contributed by atoms with Gasteiger partial charge in [0.1, 0.15) is 5.15 Å². The molecule has 5 nitrogen and oxygen atoms in total. The van der Waals surface area contributed by atoms with E-state index in [1.54, 1.807) is 20.0 Å². The molecule has 0 saturated heterocycles. The minimum atomic E-state index is -0.936. The van der Waals surface area contributed by atoms with E-state index >= 15 is 0 Å². The first-order valence-electron chi connectivity index (χ1n) is 5.01. The number of carboxylic acid groups (broad SMARTS) is 1. The maximum absolute atomic E-state index is 11.9. The standard InChI is InChI=1S/C11H13ClN2O3/c1-7-5-8(6-9(12)13-7)11(17)14(2)4-3-10(15)16/h5-6H,3-4H2,1-2H3,(H,15,16). The number of nitrogens with zero attached hydrogens (tertiary/aromatic N) is 2. The van der Waals surface area contributed by atoms with Gasteiger partial charge in [-0.2, -0.15) is 0 Å². The molecule has 1 rings (SSSR count). The molecule has 1 aromatic rings. The minimum absolute atomic E-state index is 0.0833. The second-order valence-corrected chi connectivity index (χ2v) is 4.08. The van der Waals surface area contributed by atoms with Crippen molar-refractivity contribution in [2.45, 2.75) is 13.3 Å². The van der Waals surface area contributed by atoms with Crippen LogP contribution in [0, 0.1) is 6.92 Å². The van der Waals surface area contributed by atoms with Gasteiger partial charge in [-0.25, -0.2) is 4.98 Å². The largest absolute Gasteiger partial charge is 0.481 e. The zero-order valence-corrected chi connectivity index (χ0v) is 10.4. The SMILES string of the molecule is Cc1cc(C(=O)N(C)CCC(=O)O)cc(Cl)n1. The van der Waals surface area contributed by atoms with Crippen molar-refractivity contribution in [3.63, 3.8) is 0 Å². The third-order valence-corrected chi connectivity index (χ3v) is 2.37. The highest BCUT2D eigenvalue weighted by Gasteiger charge is 2.14. The van der Waals surface area contributed by atoms with Gasteiger partial charge >= 0.3 is 5.97 Å². The van der Waals surface area contributed by atoms with Crippen molar-refractivity contribution in [2.75, 3.05) is 13.6 Å². The predicted molar refractivity (Wildman–Crippen MR) is 63.2 cm³/mol. The molecule has 0 bridgehead atoms. The number of carbonyl (C=O) groups excluding carboxylic acids is 1. The van der Waals surface area contributed by atoms with E-state index < -0.39 is 5.97 Å². The van der Waals surface area contributed by atoms with Gasteiger partial charge < -0.3 is 10.0 Å². The van der Waals surface area contributed by atoms with Crippen molar-refractivity contribution in [3.05, 3.63) is 28.5 Å². The lowest BCUT2D eigenvalue weighted by atomic mass is 10.2. The molecule has 0 aliphatic carbocycles. The van der Waals surface area contributed by atoms with E-state index in [-0.39, 0.29) is 24.0 Å². The summed E-state index contributed by atoms with van der Waals surface area (Å²) in [4.78, 5) is 27.6. The van der Waals surface area contributed by atoms with Gasteiger partial charge in [-0.15, -0.1) is 0 Å². The van der Waals surface area contributed by atoms with Crippen molar-refractivity contribution in [2.24, 2.45) is 0 Å². The fourth-order valence-electron chi connectivity index (χ4n) is 1.34. The number of hydrogen-bond donors (Lipinski definition) is 1. The number of halogens is 1. The molecule has 0 aliphatic heterocycles. The molecule has 0 atom stereocenters. The summed E-state index contributed by atoms with van der Waals surface area (Å²) in [5.41, 5.74) is 1.06. The number of aliphatic carboxylic acids is 1. The van der Waals surface area contributed by atoms with Crippen LogP contribution in [0.1, 0.15) is 22.5 Å². The molecule has 1 amide bonds. The lowest BCUT2D eigenvalue weighted by Crippen LogP contribution is -2.29. The smallest absolute Gasteiger partial charge is 0.305 e. The van der Waals surface area contributed by atoms with Gasteiger partial charge in [0.15, 0.2) is 0 Å². The highest BCUT2D eigenvalue weighted by molar-refractivity contribution is 6.29. The van der Waals surface area contributed by atoms with Gasteiger partial charge in [-0.3, -0.25) is 9.59 Å². The average Bonchev–Trinajstić information content (AvgIpc) is 2.23. The number of aromatic nitrogens is 1. The quantitative estimate of drug-likeness (QED) is 0.831. The first kappa shape index (κ1) is 13.4. The van der Waals surface area contributed by atoms with E-state index in [4.69, 9.17) is 16.7 Å². The van der Waals surface area contributed by atoms with Crippen LogP contribution in [0.15, 0.2) is 12.1 Å². The Kier molecular flexibility index (Phi) is 4.45. The summed E-state index contributed by atoms with van der Waals surface area (Å²) in [5.74, 6) is -1.20. The maximum Gasteiger partial charge on any atom is 0.305 e. The fraction of sp³-hybridized carbons (Fsp3) is 0.364. The van der Waals surface area contributed by atoms with Gasteiger partial charge in [0.05, 0.1) is 6.42 Å². The molecule has 6 heteroatoms. The molecule has 0 aliphatic rings. The van der Waals surface area contributed by atoms with Crippen LogP contribution in [0.5, 0.6) is 0 Å². The summed E-state index contributed by atoms with van der Waals surface area (Å²) in [6, 6.07) is 3.08. The van der Waals surface area contributed by atoms with E-state index in [0.717, 1.165) is 0 Å². The molecule has 17 heavy (non-hydrogen) atoms. The molecule has 0 radical (unpaired) electrons. The second kappa shape index (κ2) is 5.63. The summed E-state index contributed by atoms with van der Waals surface area (Å²) < 4.78 is 0. The Bertz CT molecular complexity index is 428. The Labute approximate surface area is 104 Å². The highest BCUT2D eigenvalue weighted by atomic mass is 35.5. The fourth-order valence-corrected chi connectivity index (χ4v) is 1.59. The van der Waals surface area contributed by atoms with E-state index in [0.29, 0.717) is 11.3 Å². The Hall–Kier alpha value is -1.62. The Morgan fingerprint density at radius 2 is 2.12 bits per heavy atom. The van der Waals surface area contributed by atoms with Gasteiger partial charge in [-0.05, 0) is 19.1 Å². The van der Waals surface area contributed by atoms with Crippen molar-refractivity contribution in [1.82, 2.24) is 9.88 Å². The van der Waals surface area contributed by atoms with Crippen LogP contribution in [-0.2, 0) is 4.79 Å². The first-order chi connectivity index (χ1) is 7.90. The molecule has 0 fully saturated rings. The average molecular weight is 257 g/mol. The van der Waals surface area contributed by atoms with Crippen molar-refractivity contribution in [3.8, 4) is 0 Å². The normalized spacial score (nSPS) is 10.1. The monoisotopic (exact) mass is 256 g/mol. The highest BCUT2D eigenvalue weighted by Crippen LogP contribution is 2.12. The summed E-state index contributed by atoms with van der Waals surface area (Å²) >= 11 is 5.75. The van der Waals surface area contributed by atoms with Crippen molar-refractivity contribution < 1.29 is 14.7 Å². The van der Waals surface area contributed by atoms with Crippen LogP contribution >= 0.6 is 11.6 Å². The summed E-state index contributed by atoms with van der Waals surface area (Å²) in [7, 11) is 1.55. The van der Waals surface area contributed by atoms with Crippen LogP contribution < -0.4 is 0 Å². The Morgan fingerprint density at radius 1 is 1.47 bits per heavy atom. The van der Waals surface area contributed by atoms with Crippen molar-refractivity contribution in [1.29, 1.82) is 0 Å². The van der Waals surface area contributed by atoms with E-state index in [9.17, 15) is 9.59 Å². The van der Waals surface area contributed by atoms with E-state index in [1.165, 1.54) is 11.0 Å². The molecule has 1 aromatic heterocycles. The van der Waals surface area contributed by atoms with Crippen LogP contribution in [0.4, 0.5) is 0 Å². The maximum atomic E-state index is 11.9. The number of rotatable bonds is 4.